The van der Waals surface area contributed by atoms with Crippen molar-refractivity contribution >= 4 is 5.78 Å². The van der Waals surface area contributed by atoms with Crippen molar-refractivity contribution < 1.29 is 4.79 Å². The Morgan fingerprint density at radius 3 is 2.44 bits per heavy atom. The molecule has 2 nitrogen and oxygen atoms in total. The zero-order valence-corrected chi connectivity index (χ0v) is 9.48. The summed E-state index contributed by atoms with van der Waals surface area (Å²) < 4.78 is 0. The van der Waals surface area contributed by atoms with Gasteiger partial charge in [-0.3, -0.25) is 9.69 Å². The van der Waals surface area contributed by atoms with E-state index in [-0.39, 0.29) is 5.54 Å². The Hall–Kier alpha value is -1.15. The van der Waals surface area contributed by atoms with Crippen LogP contribution in [-0.2, 0) is 10.3 Å². The van der Waals surface area contributed by atoms with Gasteiger partial charge in [0.25, 0.3) is 0 Å². The minimum atomic E-state index is -0.264. The van der Waals surface area contributed by atoms with E-state index in [1.54, 1.807) is 0 Å². The Morgan fingerprint density at radius 2 is 1.81 bits per heavy atom. The summed E-state index contributed by atoms with van der Waals surface area (Å²) in [7, 11) is 0. The van der Waals surface area contributed by atoms with Gasteiger partial charge in [0.2, 0.25) is 0 Å². The molecular formula is C14H17NO. The van der Waals surface area contributed by atoms with E-state index in [2.05, 4.69) is 17.0 Å². The highest BCUT2D eigenvalue weighted by Gasteiger charge is 2.50. The van der Waals surface area contributed by atoms with E-state index in [1.807, 2.05) is 18.2 Å². The van der Waals surface area contributed by atoms with E-state index in [0.29, 0.717) is 5.78 Å². The van der Waals surface area contributed by atoms with Gasteiger partial charge in [0.05, 0.1) is 0 Å². The van der Waals surface area contributed by atoms with Crippen LogP contribution in [0.25, 0.3) is 0 Å². The summed E-state index contributed by atoms with van der Waals surface area (Å²) in [4.78, 5) is 14.7. The molecule has 1 aliphatic carbocycles. The summed E-state index contributed by atoms with van der Waals surface area (Å²) in [5.41, 5.74) is 0.941. The van der Waals surface area contributed by atoms with Crippen LogP contribution < -0.4 is 0 Å². The monoisotopic (exact) mass is 215 g/mol. The first-order valence-corrected chi connectivity index (χ1v) is 6.18. The van der Waals surface area contributed by atoms with Crippen LogP contribution in [0.1, 0.15) is 31.2 Å². The summed E-state index contributed by atoms with van der Waals surface area (Å²) in [6.07, 6.45) is 4.01. The number of nitrogens with zero attached hydrogens (tertiary/aromatic N) is 1. The lowest BCUT2D eigenvalue weighted by atomic mass is 9.75. The van der Waals surface area contributed by atoms with Gasteiger partial charge in [-0.25, -0.2) is 0 Å². The molecule has 1 atom stereocenters. The average Bonchev–Trinajstić information content (AvgIpc) is 3.15. The van der Waals surface area contributed by atoms with Crippen molar-refractivity contribution in [2.45, 2.75) is 31.2 Å². The molecule has 16 heavy (non-hydrogen) atoms. The Balaban J connectivity index is 2.05. The fourth-order valence-corrected chi connectivity index (χ4v) is 2.98. The molecule has 0 N–H and O–H groups in total. The zero-order valence-electron chi connectivity index (χ0n) is 9.48. The summed E-state index contributed by atoms with van der Waals surface area (Å²) in [6.45, 7) is 2.17. The van der Waals surface area contributed by atoms with Gasteiger partial charge in [-0.1, -0.05) is 36.8 Å². The topological polar surface area (TPSA) is 20.1 Å². The fourth-order valence-electron chi connectivity index (χ4n) is 2.98. The van der Waals surface area contributed by atoms with Crippen molar-refractivity contribution in [3.05, 3.63) is 35.9 Å². The Morgan fingerprint density at radius 1 is 1.06 bits per heavy atom. The molecule has 1 saturated heterocycles. The third-order valence-electron chi connectivity index (χ3n) is 3.89. The highest BCUT2D eigenvalue weighted by atomic mass is 16.1. The molecule has 1 heterocycles. The molecule has 84 valence electrons. The average molecular weight is 215 g/mol. The number of carbonyl (C=O) groups excluding carboxylic acids is 1. The summed E-state index contributed by atoms with van der Waals surface area (Å²) >= 11 is 0. The number of carbonyl (C=O) groups is 1. The third-order valence-corrected chi connectivity index (χ3v) is 3.89. The van der Waals surface area contributed by atoms with Crippen molar-refractivity contribution in [1.82, 2.24) is 4.90 Å². The second kappa shape index (κ2) is 3.70. The first kappa shape index (κ1) is 10.0. The highest BCUT2D eigenvalue weighted by molar-refractivity contribution is 5.90. The van der Waals surface area contributed by atoms with Crippen LogP contribution in [0.15, 0.2) is 30.3 Å². The summed E-state index contributed by atoms with van der Waals surface area (Å²) in [6, 6.07) is 10.3. The molecule has 2 heteroatoms. The van der Waals surface area contributed by atoms with E-state index >= 15 is 0 Å². The van der Waals surface area contributed by atoms with Gasteiger partial charge in [0.1, 0.15) is 5.54 Å². The first-order chi connectivity index (χ1) is 7.84. The van der Waals surface area contributed by atoms with Crippen LogP contribution in [0.5, 0.6) is 0 Å². The molecule has 0 bridgehead atoms. The lowest BCUT2D eigenvalue weighted by Crippen LogP contribution is -2.45. The number of hydrogen-bond acceptors (Lipinski definition) is 2. The maximum absolute atomic E-state index is 12.4. The predicted molar refractivity (Wildman–Crippen MR) is 63.2 cm³/mol. The lowest BCUT2D eigenvalue weighted by molar-refractivity contribution is -0.131. The van der Waals surface area contributed by atoms with E-state index in [4.69, 9.17) is 0 Å². The van der Waals surface area contributed by atoms with E-state index in [0.717, 1.165) is 32.4 Å². The first-order valence-electron chi connectivity index (χ1n) is 6.18. The van der Waals surface area contributed by atoms with Crippen LogP contribution in [0.3, 0.4) is 0 Å². The van der Waals surface area contributed by atoms with Crippen LogP contribution in [0, 0.1) is 0 Å². The third kappa shape index (κ3) is 1.40. The summed E-state index contributed by atoms with van der Waals surface area (Å²) in [5.74, 6) is 0.433. The number of rotatable bonds is 2. The van der Waals surface area contributed by atoms with Gasteiger partial charge < -0.3 is 0 Å². The molecule has 0 spiro atoms. The normalized spacial score (nSPS) is 30.4. The van der Waals surface area contributed by atoms with Gasteiger partial charge in [0.15, 0.2) is 5.78 Å². The van der Waals surface area contributed by atoms with Gasteiger partial charge in [-0.05, 0) is 18.4 Å². The van der Waals surface area contributed by atoms with Crippen molar-refractivity contribution in [1.29, 1.82) is 0 Å². The maximum Gasteiger partial charge on any atom is 0.157 e. The molecule has 1 aromatic rings. The Bertz CT molecular complexity index is 396. The van der Waals surface area contributed by atoms with Crippen LogP contribution in [0.4, 0.5) is 0 Å². The van der Waals surface area contributed by atoms with Crippen molar-refractivity contribution in [3.8, 4) is 0 Å². The second-order valence-electron chi connectivity index (χ2n) is 4.84. The number of benzene rings is 1. The van der Waals surface area contributed by atoms with E-state index in [9.17, 15) is 4.79 Å². The highest BCUT2D eigenvalue weighted by Crippen LogP contribution is 2.42. The van der Waals surface area contributed by atoms with Gasteiger partial charge in [0, 0.05) is 19.5 Å². The number of hydrogen-bond donors (Lipinski definition) is 0. The number of Topliss-reactive ketones (excluding diaryl/α,β-unsaturated/α-hetero) is 1. The molecule has 2 aliphatic rings. The van der Waals surface area contributed by atoms with Crippen molar-refractivity contribution in [3.63, 3.8) is 0 Å². The molecule has 1 saturated carbocycles. The zero-order chi connectivity index (χ0) is 11.0. The molecule has 0 aromatic heterocycles. The molecule has 0 amide bonds. The van der Waals surface area contributed by atoms with Gasteiger partial charge in [-0.15, -0.1) is 0 Å². The molecule has 2 fully saturated rings. The van der Waals surface area contributed by atoms with E-state index in [1.165, 1.54) is 12.0 Å². The minimum absolute atomic E-state index is 0.264. The van der Waals surface area contributed by atoms with Crippen LogP contribution >= 0.6 is 0 Å². The Kier molecular flexibility index (Phi) is 2.32. The maximum atomic E-state index is 12.4. The second-order valence-corrected chi connectivity index (χ2v) is 4.84. The largest absolute Gasteiger partial charge is 0.297 e. The fraction of sp³-hybridized carbons (Fsp3) is 0.500. The molecule has 0 radical (unpaired) electrons. The quantitative estimate of drug-likeness (QED) is 0.706. The summed E-state index contributed by atoms with van der Waals surface area (Å²) in [5, 5.41) is 0. The predicted octanol–water partition coefficient (Wildman–Crippen LogP) is 2.34. The lowest BCUT2D eigenvalue weighted by Gasteiger charge is -2.37. The number of ketones is 1. The molecule has 3 rings (SSSR count). The molecular weight excluding hydrogens is 198 g/mol. The molecule has 1 unspecified atom stereocenters. The van der Waals surface area contributed by atoms with E-state index < -0.39 is 0 Å². The van der Waals surface area contributed by atoms with Crippen LogP contribution in [0.2, 0.25) is 0 Å². The van der Waals surface area contributed by atoms with Gasteiger partial charge >= 0.3 is 0 Å². The smallest absolute Gasteiger partial charge is 0.157 e. The Labute approximate surface area is 96.3 Å². The van der Waals surface area contributed by atoms with Crippen molar-refractivity contribution in [2.75, 3.05) is 13.1 Å². The molecule has 1 aromatic carbocycles. The van der Waals surface area contributed by atoms with Crippen LogP contribution in [-0.4, -0.2) is 23.8 Å². The minimum Gasteiger partial charge on any atom is -0.297 e. The van der Waals surface area contributed by atoms with Gasteiger partial charge in [-0.2, -0.15) is 0 Å². The standard InChI is InChI=1S/C14H17NO/c16-13-8-4-5-9-14(13,15-10-11-15)12-6-2-1-3-7-12/h1-3,6-7H,4-5,8-11H2. The molecule has 1 aliphatic heterocycles. The van der Waals surface area contributed by atoms with Crippen molar-refractivity contribution in [2.24, 2.45) is 0 Å². The SMILES string of the molecule is O=C1CCCCC1(c1ccccc1)N1CC1.